The molecule has 1 rings (SSSR count). The van der Waals surface area contributed by atoms with Crippen LogP contribution in [0.25, 0.3) is 0 Å². The molecule has 4 N–H and O–H groups in total. The molecule has 0 aromatic carbocycles. The number of carbonyl (C=O) groups is 1. The first-order chi connectivity index (χ1) is 8.99. The number of amides is 1. The van der Waals surface area contributed by atoms with E-state index < -0.39 is 0 Å². The highest BCUT2D eigenvalue weighted by Crippen LogP contribution is 2.14. The van der Waals surface area contributed by atoms with Crippen LogP contribution in [0, 0.1) is 0 Å². The van der Waals surface area contributed by atoms with E-state index in [9.17, 15) is 4.79 Å². The summed E-state index contributed by atoms with van der Waals surface area (Å²) in [6.45, 7) is 1.89. The van der Waals surface area contributed by atoms with Crippen molar-refractivity contribution in [2.24, 2.45) is 17.9 Å². The summed E-state index contributed by atoms with van der Waals surface area (Å²) in [6, 6.07) is 0. The van der Waals surface area contributed by atoms with Crippen molar-refractivity contribution in [2.75, 3.05) is 12.4 Å². The molecule has 1 aromatic rings. The number of ether oxygens (including phenoxy) is 1. The van der Waals surface area contributed by atoms with E-state index >= 15 is 0 Å². The molecule has 1 aromatic heterocycles. The van der Waals surface area contributed by atoms with Crippen LogP contribution >= 0.6 is 0 Å². The second kappa shape index (κ2) is 6.74. The molecular weight excluding hydrogens is 250 g/mol. The number of aromatic nitrogens is 2. The van der Waals surface area contributed by atoms with Crippen molar-refractivity contribution in [3.63, 3.8) is 0 Å². The molecule has 0 saturated carbocycles. The monoisotopic (exact) mass is 269 g/mol. The van der Waals surface area contributed by atoms with Crippen molar-refractivity contribution in [3.05, 3.63) is 11.8 Å². The molecule has 0 fully saturated rings. The fourth-order valence-electron chi connectivity index (χ4n) is 1.47. The molecule has 1 amide bonds. The second-order valence-electron chi connectivity index (χ2n) is 4.15. The summed E-state index contributed by atoms with van der Waals surface area (Å²) >= 11 is 0. The van der Waals surface area contributed by atoms with Gasteiger partial charge in [-0.1, -0.05) is 5.16 Å². The SMILES string of the molecule is COC(C)CCC(=O)Nc1c(C(N)=NO)cnn1C. The van der Waals surface area contributed by atoms with E-state index in [2.05, 4.69) is 15.6 Å². The van der Waals surface area contributed by atoms with Crippen molar-refractivity contribution >= 4 is 17.6 Å². The number of rotatable bonds is 6. The van der Waals surface area contributed by atoms with E-state index in [1.807, 2.05) is 6.92 Å². The van der Waals surface area contributed by atoms with Gasteiger partial charge in [0.25, 0.3) is 0 Å². The Morgan fingerprint density at radius 2 is 2.42 bits per heavy atom. The number of nitrogens with two attached hydrogens (primary N) is 1. The number of amidine groups is 1. The van der Waals surface area contributed by atoms with Crippen LogP contribution in [0.4, 0.5) is 5.82 Å². The third-order valence-corrected chi connectivity index (χ3v) is 2.76. The lowest BCUT2D eigenvalue weighted by atomic mass is 10.2. The zero-order valence-corrected chi connectivity index (χ0v) is 11.3. The van der Waals surface area contributed by atoms with E-state index in [1.165, 1.54) is 10.9 Å². The first-order valence-electron chi connectivity index (χ1n) is 5.82. The molecule has 1 atom stereocenters. The van der Waals surface area contributed by atoms with Gasteiger partial charge in [-0.2, -0.15) is 5.10 Å². The average molecular weight is 269 g/mol. The predicted molar refractivity (Wildman–Crippen MR) is 70.1 cm³/mol. The molecule has 0 radical (unpaired) electrons. The van der Waals surface area contributed by atoms with Crippen LogP contribution in [0.2, 0.25) is 0 Å². The van der Waals surface area contributed by atoms with E-state index in [0.29, 0.717) is 24.2 Å². The summed E-state index contributed by atoms with van der Waals surface area (Å²) in [6.07, 6.45) is 2.36. The molecule has 19 heavy (non-hydrogen) atoms. The second-order valence-corrected chi connectivity index (χ2v) is 4.15. The molecule has 0 bridgehead atoms. The Morgan fingerprint density at radius 3 is 3.00 bits per heavy atom. The molecule has 0 aliphatic rings. The minimum absolute atomic E-state index is 0.0147. The topological polar surface area (TPSA) is 115 Å². The van der Waals surface area contributed by atoms with E-state index in [1.54, 1.807) is 14.2 Å². The molecule has 1 unspecified atom stereocenters. The molecule has 106 valence electrons. The number of carbonyl (C=O) groups excluding carboxylic acids is 1. The number of anilines is 1. The van der Waals surface area contributed by atoms with Gasteiger partial charge in [0.1, 0.15) is 5.82 Å². The number of methoxy groups -OCH3 is 1. The van der Waals surface area contributed by atoms with E-state index in [0.717, 1.165) is 0 Å². The first-order valence-corrected chi connectivity index (χ1v) is 5.82. The van der Waals surface area contributed by atoms with Crippen LogP contribution in [0.1, 0.15) is 25.3 Å². The van der Waals surface area contributed by atoms with Gasteiger partial charge >= 0.3 is 0 Å². The van der Waals surface area contributed by atoms with Crippen LogP contribution in [0.5, 0.6) is 0 Å². The van der Waals surface area contributed by atoms with Gasteiger partial charge in [-0.25, -0.2) is 0 Å². The number of hydrogen-bond donors (Lipinski definition) is 3. The Morgan fingerprint density at radius 1 is 1.74 bits per heavy atom. The van der Waals surface area contributed by atoms with Gasteiger partial charge in [0, 0.05) is 20.6 Å². The van der Waals surface area contributed by atoms with Crippen molar-refractivity contribution in [1.29, 1.82) is 0 Å². The zero-order chi connectivity index (χ0) is 14.4. The fourth-order valence-corrected chi connectivity index (χ4v) is 1.47. The molecule has 0 aliphatic carbocycles. The molecule has 1 heterocycles. The highest BCUT2D eigenvalue weighted by Gasteiger charge is 2.15. The van der Waals surface area contributed by atoms with Gasteiger partial charge in [-0.3, -0.25) is 9.48 Å². The van der Waals surface area contributed by atoms with Gasteiger partial charge in [-0.15, -0.1) is 0 Å². The molecule has 8 nitrogen and oxygen atoms in total. The average Bonchev–Trinajstić information content (AvgIpc) is 2.76. The summed E-state index contributed by atoms with van der Waals surface area (Å²) in [5.41, 5.74) is 5.88. The summed E-state index contributed by atoms with van der Waals surface area (Å²) < 4.78 is 6.52. The zero-order valence-electron chi connectivity index (χ0n) is 11.3. The normalized spacial score (nSPS) is 13.3. The minimum atomic E-state index is -0.181. The van der Waals surface area contributed by atoms with Crippen LogP contribution in [-0.4, -0.2) is 39.9 Å². The Labute approximate surface area is 111 Å². The lowest BCUT2D eigenvalue weighted by molar-refractivity contribution is -0.116. The van der Waals surface area contributed by atoms with Gasteiger partial charge in [-0.05, 0) is 13.3 Å². The lowest BCUT2D eigenvalue weighted by Gasteiger charge is -2.10. The maximum Gasteiger partial charge on any atom is 0.225 e. The van der Waals surface area contributed by atoms with Gasteiger partial charge in [0.15, 0.2) is 5.84 Å². The highest BCUT2D eigenvalue weighted by atomic mass is 16.5. The van der Waals surface area contributed by atoms with Crippen molar-refractivity contribution in [2.45, 2.75) is 25.9 Å². The molecular formula is C11H19N5O3. The molecule has 8 heteroatoms. The standard InChI is InChI=1S/C11H19N5O3/c1-7(19-3)4-5-9(17)14-11-8(10(12)15-18)6-13-16(11)2/h6-7,18H,4-5H2,1-3H3,(H2,12,15)(H,14,17). The van der Waals surface area contributed by atoms with Crippen molar-refractivity contribution < 1.29 is 14.7 Å². The third kappa shape index (κ3) is 3.95. The summed E-state index contributed by atoms with van der Waals surface area (Å²) in [4.78, 5) is 11.8. The van der Waals surface area contributed by atoms with E-state index in [4.69, 9.17) is 15.7 Å². The Kier molecular flexibility index (Phi) is 5.31. The number of aryl methyl sites for hydroxylation is 1. The van der Waals surface area contributed by atoms with Gasteiger partial charge in [0.2, 0.25) is 5.91 Å². The highest BCUT2D eigenvalue weighted by molar-refractivity contribution is 6.04. The third-order valence-electron chi connectivity index (χ3n) is 2.76. The molecule has 0 aliphatic heterocycles. The smallest absolute Gasteiger partial charge is 0.225 e. The quantitative estimate of drug-likeness (QED) is 0.297. The number of hydrogen-bond acceptors (Lipinski definition) is 5. The Bertz CT molecular complexity index is 469. The van der Waals surface area contributed by atoms with Crippen molar-refractivity contribution in [3.8, 4) is 0 Å². The molecule has 0 saturated heterocycles. The summed E-state index contributed by atoms with van der Waals surface area (Å²) in [5, 5.41) is 18.2. The first kappa shape index (κ1) is 15.0. The lowest BCUT2D eigenvalue weighted by Crippen LogP contribution is -2.20. The van der Waals surface area contributed by atoms with Crippen LogP contribution in [0.3, 0.4) is 0 Å². The van der Waals surface area contributed by atoms with Gasteiger partial charge in [0.05, 0.1) is 17.9 Å². The number of nitrogens with zero attached hydrogens (tertiary/aromatic N) is 3. The fraction of sp³-hybridized carbons (Fsp3) is 0.545. The van der Waals surface area contributed by atoms with Crippen LogP contribution in [0.15, 0.2) is 11.4 Å². The maximum atomic E-state index is 11.8. The summed E-state index contributed by atoms with van der Waals surface area (Å²) in [7, 11) is 3.25. The minimum Gasteiger partial charge on any atom is -0.409 e. The van der Waals surface area contributed by atoms with Crippen LogP contribution < -0.4 is 11.1 Å². The Balaban J connectivity index is 2.71. The van der Waals surface area contributed by atoms with Crippen molar-refractivity contribution in [1.82, 2.24) is 9.78 Å². The molecule has 0 spiro atoms. The largest absolute Gasteiger partial charge is 0.409 e. The van der Waals surface area contributed by atoms with Crippen LogP contribution in [-0.2, 0) is 16.6 Å². The maximum absolute atomic E-state index is 11.8. The Hall–Kier alpha value is -2.09. The summed E-state index contributed by atoms with van der Waals surface area (Å²) in [5.74, 6) is 0.110. The number of oxime groups is 1. The number of nitrogens with one attached hydrogen (secondary N) is 1. The van der Waals surface area contributed by atoms with Gasteiger partial charge < -0.3 is 21.0 Å². The predicted octanol–water partition coefficient (Wildman–Crippen LogP) is 0.268. The van der Waals surface area contributed by atoms with E-state index in [-0.39, 0.29) is 17.8 Å².